The lowest BCUT2D eigenvalue weighted by atomic mass is 10.1. The maximum absolute atomic E-state index is 13.4. The minimum Gasteiger partial charge on any atom is -0.496 e. The van der Waals surface area contributed by atoms with Crippen LogP contribution in [0.2, 0.25) is 0 Å². The summed E-state index contributed by atoms with van der Waals surface area (Å²) in [7, 11) is 1.50. The summed E-state index contributed by atoms with van der Waals surface area (Å²) >= 11 is 0. The summed E-state index contributed by atoms with van der Waals surface area (Å²) in [6.07, 6.45) is 1.57. The largest absolute Gasteiger partial charge is 0.496 e. The van der Waals surface area contributed by atoms with Crippen LogP contribution in [0.15, 0.2) is 54.7 Å². The van der Waals surface area contributed by atoms with Crippen LogP contribution in [0.4, 0.5) is 10.1 Å². The molecule has 1 N–H and O–H groups in total. The topological polar surface area (TPSA) is 51.2 Å². The molecule has 1 amide bonds. The zero-order valence-electron chi connectivity index (χ0n) is 11.8. The van der Waals surface area contributed by atoms with Gasteiger partial charge in [-0.3, -0.25) is 9.78 Å². The van der Waals surface area contributed by atoms with Gasteiger partial charge in [0.05, 0.1) is 23.9 Å². The number of aromatic nitrogens is 1. The number of hydrogen-bond donors (Lipinski definition) is 1. The van der Waals surface area contributed by atoms with Crippen molar-refractivity contribution in [2.45, 2.75) is 0 Å². The van der Waals surface area contributed by atoms with E-state index in [9.17, 15) is 9.18 Å². The van der Waals surface area contributed by atoms with Crippen molar-refractivity contribution < 1.29 is 13.9 Å². The fourth-order valence-electron chi connectivity index (χ4n) is 2.25. The molecule has 5 heteroatoms. The summed E-state index contributed by atoms with van der Waals surface area (Å²) < 4.78 is 18.6. The van der Waals surface area contributed by atoms with Crippen LogP contribution in [0, 0.1) is 5.82 Å². The van der Waals surface area contributed by atoms with Crippen LogP contribution in [-0.4, -0.2) is 18.0 Å². The first kappa shape index (κ1) is 14.0. The molecule has 3 rings (SSSR count). The molecule has 22 heavy (non-hydrogen) atoms. The van der Waals surface area contributed by atoms with Gasteiger partial charge < -0.3 is 10.1 Å². The van der Waals surface area contributed by atoms with E-state index in [-0.39, 0.29) is 11.7 Å². The maximum Gasteiger partial charge on any atom is 0.259 e. The van der Waals surface area contributed by atoms with Crippen LogP contribution < -0.4 is 10.1 Å². The molecule has 0 aliphatic rings. The number of halogens is 1. The van der Waals surface area contributed by atoms with Crippen molar-refractivity contribution in [1.29, 1.82) is 0 Å². The smallest absolute Gasteiger partial charge is 0.259 e. The number of amides is 1. The minimum atomic E-state index is -0.381. The number of ether oxygens (including phenoxy) is 1. The molecule has 0 aliphatic heterocycles. The van der Waals surface area contributed by atoms with Crippen molar-refractivity contribution in [3.05, 3.63) is 66.1 Å². The molecule has 0 aliphatic carbocycles. The Morgan fingerprint density at radius 2 is 2.00 bits per heavy atom. The highest BCUT2D eigenvalue weighted by Crippen LogP contribution is 2.24. The number of fused-ring (bicyclic) bond motifs is 1. The van der Waals surface area contributed by atoms with Crippen LogP contribution >= 0.6 is 0 Å². The summed E-state index contributed by atoms with van der Waals surface area (Å²) in [5, 5.41) is 3.32. The fourth-order valence-corrected chi connectivity index (χ4v) is 2.25. The van der Waals surface area contributed by atoms with Crippen LogP contribution in [0.1, 0.15) is 10.4 Å². The summed E-state index contributed by atoms with van der Waals surface area (Å²) in [4.78, 5) is 16.6. The Balaban J connectivity index is 1.99. The zero-order valence-corrected chi connectivity index (χ0v) is 11.8. The lowest BCUT2D eigenvalue weighted by Gasteiger charge is -2.10. The van der Waals surface area contributed by atoms with E-state index in [4.69, 9.17) is 4.74 Å². The molecule has 0 unspecified atom stereocenters. The molecule has 0 atom stereocenters. The van der Waals surface area contributed by atoms with Crippen LogP contribution in [-0.2, 0) is 0 Å². The van der Waals surface area contributed by atoms with Gasteiger partial charge in [0, 0.05) is 11.6 Å². The van der Waals surface area contributed by atoms with Crippen LogP contribution in [0.5, 0.6) is 5.75 Å². The molecule has 0 radical (unpaired) electrons. The molecule has 0 saturated carbocycles. The van der Waals surface area contributed by atoms with Crippen LogP contribution in [0.25, 0.3) is 10.9 Å². The van der Waals surface area contributed by atoms with Gasteiger partial charge in [-0.05, 0) is 36.4 Å². The average Bonchev–Trinajstić information content (AvgIpc) is 2.55. The average molecular weight is 296 g/mol. The van der Waals surface area contributed by atoms with E-state index in [0.717, 1.165) is 0 Å². The number of hydrogen-bond acceptors (Lipinski definition) is 3. The van der Waals surface area contributed by atoms with Gasteiger partial charge in [-0.25, -0.2) is 4.39 Å². The number of rotatable bonds is 3. The van der Waals surface area contributed by atoms with Gasteiger partial charge in [-0.1, -0.05) is 12.1 Å². The summed E-state index contributed by atoms with van der Waals surface area (Å²) in [5.74, 6) is -0.230. The second-order valence-corrected chi connectivity index (χ2v) is 4.67. The first-order valence-electron chi connectivity index (χ1n) is 6.67. The monoisotopic (exact) mass is 296 g/mol. The van der Waals surface area contributed by atoms with Gasteiger partial charge in [0.2, 0.25) is 0 Å². The zero-order chi connectivity index (χ0) is 15.5. The Morgan fingerprint density at radius 1 is 1.18 bits per heavy atom. The van der Waals surface area contributed by atoms with Gasteiger partial charge in [0.15, 0.2) is 0 Å². The van der Waals surface area contributed by atoms with Crippen molar-refractivity contribution >= 4 is 22.5 Å². The first-order valence-corrected chi connectivity index (χ1v) is 6.67. The van der Waals surface area contributed by atoms with E-state index in [1.165, 1.54) is 19.2 Å². The standard InChI is InChI=1S/C17H13FN2O2/c1-22-16-5-3-2-4-12(16)17(21)20-15-8-9-19-14-7-6-11(18)10-13(14)15/h2-10H,1H3,(H,19,20,21). The first-order chi connectivity index (χ1) is 10.7. The Hall–Kier alpha value is -2.95. The molecule has 3 aromatic rings. The predicted octanol–water partition coefficient (Wildman–Crippen LogP) is 3.63. The third-order valence-electron chi connectivity index (χ3n) is 3.30. The van der Waals surface area contributed by atoms with Crippen molar-refractivity contribution in [2.24, 2.45) is 0 Å². The summed E-state index contributed by atoms with van der Waals surface area (Å²) in [6, 6.07) is 12.8. The highest BCUT2D eigenvalue weighted by Gasteiger charge is 2.13. The third-order valence-corrected chi connectivity index (χ3v) is 3.30. The molecule has 2 aromatic carbocycles. The Labute approximate surface area is 126 Å². The number of para-hydroxylation sites is 1. The number of methoxy groups -OCH3 is 1. The molecule has 4 nitrogen and oxygen atoms in total. The molecule has 0 spiro atoms. The second kappa shape index (κ2) is 5.81. The van der Waals surface area contributed by atoms with Crippen molar-refractivity contribution in [2.75, 3.05) is 12.4 Å². The number of nitrogens with zero attached hydrogens (tertiary/aromatic N) is 1. The number of benzene rings is 2. The molecule has 0 fully saturated rings. The number of anilines is 1. The lowest BCUT2D eigenvalue weighted by Crippen LogP contribution is -2.13. The molecule has 0 bridgehead atoms. The van der Waals surface area contributed by atoms with E-state index in [1.54, 1.807) is 42.6 Å². The highest BCUT2D eigenvalue weighted by molar-refractivity contribution is 6.09. The van der Waals surface area contributed by atoms with E-state index < -0.39 is 0 Å². The van der Waals surface area contributed by atoms with Gasteiger partial charge in [0.25, 0.3) is 5.91 Å². The van der Waals surface area contributed by atoms with Crippen molar-refractivity contribution in [1.82, 2.24) is 4.98 Å². The van der Waals surface area contributed by atoms with Crippen molar-refractivity contribution in [3.8, 4) is 5.75 Å². The molecule has 0 saturated heterocycles. The molecule has 110 valence electrons. The molecule has 1 heterocycles. The number of carbonyl (C=O) groups excluding carboxylic acids is 1. The number of carbonyl (C=O) groups is 1. The van der Waals surface area contributed by atoms with Gasteiger partial charge >= 0.3 is 0 Å². The van der Waals surface area contributed by atoms with Gasteiger partial charge in [0.1, 0.15) is 11.6 Å². The summed E-state index contributed by atoms with van der Waals surface area (Å²) in [6.45, 7) is 0. The predicted molar refractivity (Wildman–Crippen MR) is 82.6 cm³/mol. The highest BCUT2D eigenvalue weighted by atomic mass is 19.1. The van der Waals surface area contributed by atoms with Crippen molar-refractivity contribution in [3.63, 3.8) is 0 Å². The second-order valence-electron chi connectivity index (χ2n) is 4.67. The molecular formula is C17H13FN2O2. The van der Waals surface area contributed by atoms with Gasteiger partial charge in [-0.2, -0.15) is 0 Å². The Morgan fingerprint density at radius 3 is 2.82 bits per heavy atom. The number of pyridine rings is 1. The Bertz CT molecular complexity index is 849. The number of nitrogens with one attached hydrogen (secondary N) is 1. The van der Waals surface area contributed by atoms with E-state index in [0.29, 0.717) is 27.9 Å². The van der Waals surface area contributed by atoms with E-state index in [2.05, 4.69) is 10.3 Å². The normalized spacial score (nSPS) is 10.5. The third kappa shape index (κ3) is 2.61. The van der Waals surface area contributed by atoms with E-state index >= 15 is 0 Å². The SMILES string of the molecule is COc1ccccc1C(=O)Nc1ccnc2ccc(F)cc12. The van der Waals surface area contributed by atoms with Gasteiger partial charge in [-0.15, -0.1) is 0 Å². The molecular weight excluding hydrogens is 283 g/mol. The van der Waals surface area contributed by atoms with E-state index in [1.807, 2.05) is 0 Å². The quantitative estimate of drug-likeness (QED) is 0.803. The Kier molecular flexibility index (Phi) is 3.70. The lowest BCUT2D eigenvalue weighted by molar-refractivity contribution is 0.102. The fraction of sp³-hybridized carbons (Fsp3) is 0.0588. The maximum atomic E-state index is 13.4. The summed E-state index contributed by atoms with van der Waals surface area (Å²) in [5.41, 5.74) is 1.52. The van der Waals surface area contributed by atoms with Crippen LogP contribution in [0.3, 0.4) is 0 Å². The minimum absolute atomic E-state index is 0.325. The molecule has 1 aromatic heterocycles.